The highest BCUT2D eigenvalue weighted by Crippen LogP contribution is 2.19. The maximum Gasteiger partial charge on any atom is 0.279 e. The first kappa shape index (κ1) is 17.6. The predicted molar refractivity (Wildman–Crippen MR) is 94.2 cm³/mol. The molecular weight excluding hydrogens is 348 g/mol. The topological polar surface area (TPSA) is 36.8 Å². The highest BCUT2D eigenvalue weighted by Gasteiger charge is 2.23. The summed E-state index contributed by atoms with van der Waals surface area (Å²) >= 11 is 6.02. The maximum atomic E-state index is 13.6. The normalized spacial score (nSPS) is 15.2. The molecule has 0 aliphatic carbocycles. The molecule has 0 radical (unpaired) electrons. The number of anilines is 2. The summed E-state index contributed by atoms with van der Waals surface area (Å²) in [6.07, 6.45) is 0. The van der Waals surface area contributed by atoms with Crippen molar-refractivity contribution in [1.82, 2.24) is 0 Å². The van der Waals surface area contributed by atoms with Gasteiger partial charge in [-0.3, -0.25) is 4.79 Å². The molecule has 4 nitrogen and oxygen atoms in total. The molecule has 2 N–H and O–H groups in total. The van der Waals surface area contributed by atoms with Gasteiger partial charge in [-0.1, -0.05) is 23.7 Å². The van der Waals surface area contributed by atoms with E-state index < -0.39 is 17.5 Å². The van der Waals surface area contributed by atoms with Crippen molar-refractivity contribution in [2.75, 3.05) is 42.9 Å². The molecule has 0 saturated carbocycles. The summed E-state index contributed by atoms with van der Waals surface area (Å²) in [7, 11) is 0. The average molecular weight is 367 g/mol. The Morgan fingerprint density at radius 1 is 1.12 bits per heavy atom. The van der Waals surface area contributed by atoms with Crippen LogP contribution in [0.2, 0.25) is 5.02 Å². The minimum atomic E-state index is -0.769. The molecule has 132 valence electrons. The lowest BCUT2D eigenvalue weighted by Crippen LogP contribution is -3.15. The predicted octanol–water partition coefficient (Wildman–Crippen LogP) is 1.96. The van der Waals surface area contributed by atoms with Crippen molar-refractivity contribution in [2.24, 2.45) is 0 Å². The van der Waals surface area contributed by atoms with Crippen LogP contribution in [0.25, 0.3) is 0 Å². The van der Waals surface area contributed by atoms with Gasteiger partial charge in [-0.15, -0.1) is 0 Å². The Labute approximate surface area is 150 Å². The summed E-state index contributed by atoms with van der Waals surface area (Å²) in [6, 6.07) is 11.2. The third kappa shape index (κ3) is 4.46. The summed E-state index contributed by atoms with van der Waals surface area (Å²) < 4.78 is 27.2. The van der Waals surface area contributed by atoms with Crippen LogP contribution in [0, 0.1) is 11.6 Å². The van der Waals surface area contributed by atoms with E-state index in [9.17, 15) is 13.6 Å². The van der Waals surface area contributed by atoms with E-state index in [1.807, 2.05) is 24.3 Å². The molecule has 0 aromatic heterocycles. The van der Waals surface area contributed by atoms with Crippen LogP contribution in [0.1, 0.15) is 0 Å². The monoisotopic (exact) mass is 366 g/mol. The number of carbonyl (C=O) groups is 1. The second-order valence-corrected chi connectivity index (χ2v) is 6.47. The number of rotatable bonds is 4. The Hall–Kier alpha value is -2.18. The van der Waals surface area contributed by atoms with Crippen LogP contribution >= 0.6 is 11.6 Å². The fraction of sp³-hybridized carbons (Fsp3) is 0.278. The smallest absolute Gasteiger partial charge is 0.279 e. The average Bonchev–Trinajstić information content (AvgIpc) is 2.59. The number of carbonyl (C=O) groups excluding carboxylic acids is 1. The molecule has 1 aliphatic rings. The zero-order valence-corrected chi connectivity index (χ0v) is 14.3. The van der Waals surface area contributed by atoms with Crippen molar-refractivity contribution in [1.29, 1.82) is 0 Å². The minimum absolute atomic E-state index is 0.178. The standard InChI is InChI=1S/C18H18ClF2N3O/c19-13-3-1-4-14(11-13)24-9-7-23(8-10-24)12-17(25)22-18-15(20)5-2-6-16(18)21/h1-6,11H,7-10,12H2,(H,22,25)/p+1. The van der Waals surface area contributed by atoms with Gasteiger partial charge in [0, 0.05) is 10.7 Å². The van der Waals surface area contributed by atoms with Gasteiger partial charge >= 0.3 is 0 Å². The van der Waals surface area contributed by atoms with Gasteiger partial charge in [0.1, 0.15) is 17.3 Å². The van der Waals surface area contributed by atoms with Crippen LogP contribution < -0.4 is 15.1 Å². The molecule has 7 heteroatoms. The zero-order valence-electron chi connectivity index (χ0n) is 13.6. The van der Waals surface area contributed by atoms with Crippen LogP contribution in [0.5, 0.6) is 0 Å². The second-order valence-electron chi connectivity index (χ2n) is 6.04. The van der Waals surface area contributed by atoms with Crippen LogP contribution in [-0.2, 0) is 4.79 Å². The van der Waals surface area contributed by atoms with E-state index in [2.05, 4.69) is 10.2 Å². The summed E-state index contributed by atoms with van der Waals surface area (Å²) in [5.41, 5.74) is 0.675. The maximum absolute atomic E-state index is 13.6. The number of nitrogens with zero attached hydrogens (tertiary/aromatic N) is 1. The van der Waals surface area contributed by atoms with Crippen LogP contribution in [-0.4, -0.2) is 38.6 Å². The van der Waals surface area contributed by atoms with Crippen molar-refractivity contribution in [3.8, 4) is 0 Å². The molecular formula is C18H19ClF2N3O+. The molecule has 1 fully saturated rings. The van der Waals surface area contributed by atoms with E-state index in [1.165, 1.54) is 6.07 Å². The first-order valence-corrected chi connectivity index (χ1v) is 8.48. The molecule has 1 aliphatic heterocycles. The Balaban J connectivity index is 1.53. The molecule has 0 unspecified atom stereocenters. The molecule has 25 heavy (non-hydrogen) atoms. The minimum Gasteiger partial charge on any atom is -0.360 e. The Bertz CT molecular complexity index is 743. The van der Waals surface area contributed by atoms with E-state index in [0.29, 0.717) is 5.02 Å². The summed E-state index contributed by atoms with van der Waals surface area (Å²) in [4.78, 5) is 15.4. The highest BCUT2D eigenvalue weighted by atomic mass is 35.5. The van der Waals surface area contributed by atoms with Crippen molar-refractivity contribution >= 4 is 28.9 Å². The Kier molecular flexibility index (Phi) is 5.50. The molecule has 1 heterocycles. The molecule has 2 aromatic carbocycles. The van der Waals surface area contributed by atoms with E-state index in [0.717, 1.165) is 48.9 Å². The number of piperazine rings is 1. The second kappa shape index (κ2) is 7.80. The van der Waals surface area contributed by atoms with Gasteiger partial charge in [-0.25, -0.2) is 8.78 Å². The van der Waals surface area contributed by atoms with Crippen molar-refractivity contribution in [2.45, 2.75) is 0 Å². The molecule has 0 atom stereocenters. The third-order valence-electron chi connectivity index (χ3n) is 4.28. The van der Waals surface area contributed by atoms with Gasteiger partial charge in [-0.2, -0.15) is 0 Å². The molecule has 2 aromatic rings. The van der Waals surface area contributed by atoms with Crippen LogP contribution in [0.4, 0.5) is 20.2 Å². The number of halogens is 3. The molecule has 3 rings (SSSR count). The number of benzene rings is 2. The molecule has 0 spiro atoms. The molecule has 1 amide bonds. The number of nitrogens with one attached hydrogen (secondary N) is 2. The number of hydrogen-bond donors (Lipinski definition) is 2. The van der Waals surface area contributed by atoms with Gasteiger partial charge in [0.2, 0.25) is 0 Å². The van der Waals surface area contributed by atoms with Crippen LogP contribution in [0.15, 0.2) is 42.5 Å². The van der Waals surface area contributed by atoms with Gasteiger partial charge < -0.3 is 15.1 Å². The largest absolute Gasteiger partial charge is 0.360 e. The lowest BCUT2D eigenvalue weighted by atomic mass is 10.2. The summed E-state index contributed by atoms with van der Waals surface area (Å²) in [5, 5.41) is 3.03. The van der Waals surface area contributed by atoms with Gasteiger partial charge in [0.05, 0.1) is 26.2 Å². The molecule has 0 bridgehead atoms. The zero-order chi connectivity index (χ0) is 17.8. The van der Waals surface area contributed by atoms with E-state index in [4.69, 9.17) is 11.6 Å². The lowest BCUT2D eigenvalue weighted by Gasteiger charge is -2.33. The van der Waals surface area contributed by atoms with Crippen LogP contribution in [0.3, 0.4) is 0 Å². The number of hydrogen-bond acceptors (Lipinski definition) is 2. The first-order chi connectivity index (χ1) is 12.0. The first-order valence-electron chi connectivity index (χ1n) is 8.11. The Morgan fingerprint density at radius 3 is 2.40 bits per heavy atom. The summed E-state index contributed by atoms with van der Waals surface area (Å²) in [6.45, 7) is 3.28. The molecule has 1 saturated heterocycles. The van der Waals surface area contributed by atoms with Gasteiger partial charge in [0.15, 0.2) is 6.54 Å². The van der Waals surface area contributed by atoms with E-state index in [-0.39, 0.29) is 12.2 Å². The quantitative estimate of drug-likeness (QED) is 0.868. The van der Waals surface area contributed by atoms with Crippen molar-refractivity contribution in [3.05, 3.63) is 59.1 Å². The van der Waals surface area contributed by atoms with Crippen molar-refractivity contribution < 1.29 is 18.5 Å². The number of amides is 1. The van der Waals surface area contributed by atoms with Gasteiger partial charge in [-0.05, 0) is 30.3 Å². The van der Waals surface area contributed by atoms with Crippen molar-refractivity contribution in [3.63, 3.8) is 0 Å². The number of para-hydroxylation sites is 1. The third-order valence-corrected chi connectivity index (χ3v) is 4.52. The summed E-state index contributed by atoms with van der Waals surface area (Å²) in [5.74, 6) is -1.93. The lowest BCUT2D eigenvalue weighted by molar-refractivity contribution is -0.892. The highest BCUT2D eigenvalue weighted by molar-refractivity contribution is 6.30. The number of quaternary nitrogens is 1. The SMILES string of the molecule is O=C(C[NH+]1CCN(c2cccc(Cl)c2)CC1)Nc1c(F)cccc1F. The fourth-order valence-electron chi connectivity index (χ4n) is 2.96. The van der Waals surface area contributed by atoms with Gasteiger partial charge in [0.25, 0.3) is 5.91 Å². The Morgan fingerprint density at radius 2 is 1.76 bits per heavy atom. The van der Waals surface area contributed by atoms with E-state index in [1.54, 1.807) is 0 Å². The van der Waals surface area contributed by atoms with E-state index >= 15 is 0 Å². The fourth-order valence-corrected chi connectivity index (χ4v) is 3.14.